The Morgan fingerprint density at radius 3 is 2.68 bits per heavy atom. The van der Waals surface area contributed by atoms with E-state index in [0.717, 1.165) is 5.56 Å². The fourth-order valence-corrected chi connectivity index (χ4v) is 6.75. The highest BCUT2D eigenvalue weighted by molar-refractivity contribution is 6.34. The van der Waals surface area contributed by atoms with Crippen LogP contribution < -0.4 is 4.90 Å². The first-order valence-corrected chi connectivity index (χ1v) is 11.9. The second-order valence-corrected chi connectivity index (χ2v) is 10.4. The van der Waals surface area contributed by atoms with Gasteiger partial charge in [0.25, 0.3) is 5.91 Å². The quantitative estimate of drug-likeness (QED) is 0.569. The molecule has 7 atom stereocenters. The Hall–Kier alpha value is -2.42. The van der Waals surface area contributed by atoms with Crippen LogP contribution in [0.25, 0.3) is 0 Å². The molecule has 184 valence electrons. The molecular weight excluding hydrogens is 460 g/mol. The van der Waals surface area contributed by atoms with Crippen molar-refractivity contribution in [1.82, 2.24) is 4.90 Å². The van der Waals surface area contributed by atoms with Crippen molar-refractivity contribution in [2.75, 3.05) is 18.1 Å². The lowest BCUT2D eigenvalue weighted by Crippen LogP contribution is -2.58. The lowest BCUT2D eigenvalue weighted by Gasteiger charge is -2.39. The monoisotopic (exact) mass is 490 g/mol. The van der Waals surface area contributed by atoms with Crippen LogP contribution in [0.5, 0.6) is 0 Å². The minimum Gasteiger partial charge on any atom is -0.481 e. The third-order valence-corrected chi connectivity index (χ3v) is 8.33. The molecule has 2 bridgehead atoms. The topological polar surface area (TPSA) is 107 Å². The zero-order chi connectivity index (χ0) is 25.2. The number of benzene rings is 1. The van der Waals surface area contributed by atoms with Crippen LogP contribution in [0.3, 0.4) is 0 Å². The van der Waals surface area contributed by atoms with E-state index in [1.54, 1.807) is 32.1 Å². The number of aliphatic carboxylic acids is 1. The molecule has 9 heteroatoms. The van der Waals surface area contributed by atoms with E-state index in [1.165, 1.54) is 9.80 Å². The zero-order valence-corrected chi connectivity index (χ0v) is 20.6. The minimum absolute atomic E-state index is 0.130. The summed E-state index contributed by atoms with van der Waals surface area (Å²) in [5.74, 6) is -4.33. The van der Waals surface area contributed by atoms with Gasteiger partial charge in [0.05, 0.1) is 34.9 Å². The lowest BCUT2D eigenvalue weighted by molar-refractivity contribution is -0.157. The van der Waals surface area contributed by atoms with Gasteiger partial charge in [0.2, 0.25) is 5.91 Å². The number of halogens is 1. The van der Waals surface area contributed by atoms with Gasteiger partial charge in [-0.1, -0.05) is 36.7 Å². The molecule has 0 aromatic heterocycles. The second-order valence-electron chi connectivity index (χ2n) is 9.96. The van der Waals surface area contributed by atoms with Crippen LogP contribution in [-0.4, -0.2) is 69.3 Å². The third-order valence-electron chi connectivity index (χ3n) is 8.03. The van der Waals surface area contributed by atoms with Crippen LogP contribution in [0.1, 0.15) is 32.8 Å². The Labute approximate surface area is 204 Å². The number of likely N-dealkylation sites (tertiary alicyclic amines) is 1. The molecule has 1 spiro atoms. The van der Waals surface area contributed by atoms with E-state index in [4.69, 9.17) is 16.3 Å². The molecule has 1 aromatic rings. The minimum atomic E-state index is -1.32. The summed E-state index contributed by atoms with van der Waals surface area (Å²) in [6.07, 6.45) is 1.93. The van der Waals surface area contributed by atoms with Crippen molar-refractivity contribution in [2.24, 2.45) is 17.8 Å². The summed E-state index contributed by atoms with van der Waals surface area (Å²) in [4.78, 5) is 43.3. The predicted molar refractivity (Wildman–Crippen MR) is 127 cm³/mol. The van der Waals surface area contributed by atoms with Crippen molar-refractivity contribution in [3.05, 3.63) is 41.4 Å². The molecule has 3 aliphatic rings. The first-order valence-electron chi connectivity index (χ1n) is 11.5. The van der Waals surface area contributed by atoms with Gasteiger partial charge in [-0.05, 0) is 44.7 Å². The van der Waals surface area contributed by atoms with Crippen molar-refractivity contribution in [1.29, 1.82) is 0 Å². The third kappa shape index (κ3) is 3.15. The number of carbonyl (C=O) groups is 3. The fourth-order valence-electron chi connectivity index (χ4n) is 6.43. The number of carboxylic acid groups (broad SMARTS) is 1. The maximum Gasteiger partial charge on any atom is 0.310 e. The van der Waals surface area contributed by atoms with E-state index < -0.39 is 52.9 Å². The van der Waals surface area contributed by atoms with Crippen molar-refractivity contribution in [3.63, 3.8) is 0 Å². The number of ether oxygens (including phenoxy) is 1. The van der Waals surface area contributed by atoms with Crippen LogP contribution in [-0.2, 0) is 19.1 Å². The number of hydrogen-bond acceptors (Lipinski definition) is 5. The van der Waals surface area contributed by atoms with Crippen molar-refractivity contribution < 1.29 is 29.3 Å². The van der Waals surface area contributed by atoms with E-state index in [-0.39, 0.29) is 19.1 Å². The van der Waals surface area contributed by atoms with E-state index in [1.807, 2.05) is 19.9 Å². The van der Waals surface area contributed by atoms with Crippen LogP contribution >= 0.6 is 11.6 Å². The molecule has 3 saturated heterocycles. The number of carboxylic acids is 1. The maximum atomic E-state index is 14.3. The van der Waals surface area contributed by atoms with Crippen molar-refractivity contribution >= 4 is 35.1 Å². The van der Waals surface area contributed by atoms with E-state index in [2.05, 4.69) is 6.58 Å². The maximum absolute atomic E-state index is 14.3. The van der Waals surface area contributed by atoms with Gasteiger partial charge in [-0.3, -0.25) is 14.4 Å². The Morgan fingerprint density at radius 2 is 2.12 bits per heavy atom. The van der Waals surface area contributed by atoms with Gasteiger partial charge in [0.15, 0.2) is 0 Å². The summed E-state index contributed by atoms with van der Waals surface area (Å²) < 4.78 is 6.48. The van der Waals surface area contributed by atoms with Crippen molar-refractivity contribution in [3.8, 4) is 0 Å². The Morgan fingerprint density at radius 1 is 1.44 bits per heavy atom. The summed E-state index contributed by atoms with van der Waals surface area (Å²) in [7, 11) is 0. The number of nitrogens with zero attached hydrogens (tertiary/aromatic N) is 2. The number of aliphatic hydroxyl groups is 1. The molecule has 8 nitrogen and oxygen atoms in total. The zero-order valence-electron chi connectivity index (χ0n) is 19.8. The smallest absolute Gasteiger partial charge is 0.310 e. The molecule has 3 aliphatic heterocycles. The van der Waals surface area contributed by atoms with Crippen LogP contribution in [0.4, 0.5) is 5.69 Å². The number of carbonyl (C=O) groups excluding carboxylic acids is 2. The number of rotatable bonds is 7. The molecule has 3 unspecified atom stereocenters. The summed E-state index contributed by atoms with van der Waals surface area (Å²) in [6, 6.07) is 3.48. The van der Waals surface area contributed by atoms with Gasteiger partial charge in [0.1, 0.15) is 17.6 Å². The summed E-state index contributed by atoms with van der Waals surface area (Å²) in [6.45, 7) is 10.6. The summed E-state index contributed by atoms with van der Waals surface area (Å²) >= 11 is 6.51. The molecule has 2 amide bonds. The highest BCUT2D eigenvalue weighted by Crippen LogP contribution is 2.65. The fraction of sp³-hybridized carbons (Fsp3) is 0.560. The Balaban J connectivity index is 1.90. The number of aliphatic hydroxyl groups excluding tert-OH is 1. The molecule has 0 radical (unpaired) electrons. The largest absolute Gasteiger partial charge is 0.481 e. The van der Waals surface area contributed by atoms with E-state index >= 15 is 0 Å². The number of anilines is 1. The molecule has 2 N–H and O–H groups in total. The van der Waals surface area contributed by atoms with E-state index in [0.29, 0.717) is 17.1 Å². The van der Waals surface area contributed by atoms with E-state index in [9.17, 15) is 24.6 Å². The van der Waals surface area contributed by atoms with Crippen molar-refractivity contribution in [2.45, 2.75) is 57.4 Å². The van der Waals surface area contributed by atoms with Gasteiger partial charge in [-0.2, -0.15) is 0 Å². The normalized spacial score (nSPS) is 34.8. The molecule has 0 saturated carbocycles. The average Bonchev–Trinajstić information content (AvgIpc) is 3.28. The lowest BCUT2D eigenvalue weighted by atomic mass is 9.62. The molecule has 3 heterocycles. The highest BCUT2D eigenvalue weighted by Gasteiger charge is 2.80. The first kappa shape index (κ1) is 24.7. The van der Waals surface area contributed by atoms with Gasteiger partial charge in [-0.15, -0.1) is 6.58 Å². The second kappa shape index (κ2) is 8.36. The number of fused-ring (bicyclic) bond motifs is 1. The molecule has 3 fully saturated rings. The predicted octanol–water partition coefficient (Wildman–Crippen LogP) is 2.64. The molecule has 1 aromatic carbocycles. The molecule has 34 heavy (non-hydrogen) atoms. The Kier molecular flexibility index (Phi) is 6.07. The average molecular weight is 491 g/mol. The Bertz CT molecular complexity index is 1040. The van der Waals surface area contributed by atoms with Gasteiger partial charge in [0, 0.05) is 6.54 Å². The highest BCUT2D eigenvalue weighted by atomic mass is 35.5. The summed E-state index contributed by atoms with van der Waals surface area (Å²) in [5, 5.41) is 20.4. The molecular formula is C25H31ClN2O6. The standard InChI is InChI=1S/C25H31ClN2O6/c1-6-10-27(19-13(2)8-7-9-16(19)26)22(31)20-25-11-14(3)24(5,34-25)18(23(32)33)17(25)21(30)28(20)15(4)12-29/h6-9,14-15,17-18,20,29H,1,10-12H2,2-5H3,(H,32,33)/t14?,15-,17+,18-,20?,24+,25?/m1/s1. The summed E-state index contributed by atoms with van der Waals surface area (Å²) in [5.41, 5.74) is -1.13. The molecule has 4 rings (SSSR count). The first-order chi connectivity index (χ1) is 16.0. The number of hydrogen-bond donors (Lipinski definition) is 2. The van der Waals surface area contributed by atoms with Gasteiger partial charge < -0.3 is 24.7 Å². The van der Waals surface area contributed by atoms with Crippen LogP contribution in [0.2, 0.25) is 5.02 Å². The number of aryl methyl sites for hydroxylation is 1. The molecule has 0 aliphatic carbocycles. The van der Waals surface area contributed by atoms with Gasteiger partial charge >= 0.3 is 5.97 Å². The van der Waals surface area contributed by atoms with Gasteiger partial charge in [-0.25, -0.2) is 0 Å². The number of amides is 2. The van der Waals surface area contributed by atoms with Crippen LogP contribution in [0.15, 0.2) is 30.9 Å². The SMILES string of the molecule is C=CCN(C(=O)C1N([C@H](C)CO)C(=O)[C@@H]2[C@H](C(=O)O)[C@@]3(C)OC12CC3C)c1c(C)cccc1Cl. The van der Waals surface area contributed by atoms with Crippen LogP contribution in [0, 0.1) is 24.7 Å². The number of para-hydroxylation sites is 1.